The van der Waals surface area contributed by atoms with Crippen molar-refractivity contribution in [1.82, 2.24) is 0 Å². The van der Waals surface area contributed by atoms with Crippen LogP contribution in [-0.4, -0.2) is 85.6 Å². The van der Waals surface area contributed by atoms with Crippen LogP contribution in [0.4, 0.5) is 0 Å². The van der Waals surface area contributed by atoms with Crippen molar-refractivity contribution in [3.8, 4) is 0 Å². The Morgan fingerprint density at radius 3 is 1.06 bits per heavy atom. The number of carbonyl (C=O) groups is 2. The van der Waals surface area contributed by atoms with Crippen LogP contribution in [0.3, 0.4) is 0 Å². The van der Waals surface area contributed by atoms with Crippen molar-refractivity contribution >= 4 is 44.0 Å². The molecule has 0 saturated carbocycles. The minimum Gasteiger partial charge on any atom is -0.547 e. The number of hydrogen-bond donors (Lipinski definition) is 6. The van der Waals surface area contributed by atoms with Crippen molar-refractivity contribution in [3.05, 3.63) is 0 Å². The Balaban J connectivity index is -0.000000242. The van der Waals surface area contributed by atoms with Gasteiger partial charge in [-0.25, -0.2) is 0 Å². The van der Waals surface area contributed by atoms with Gasteiger partial charge in [-0.1, -0.05) is 0 Å². The first-order valence-electron chi connectivity index (χ1n) is 3.14. The molecular formula is C4H8MgO10Si. The van der Waals surface area contributed by atoms with Gasteiger partial charge in [0.05, 0.1) is 11.9 Å². The molecule has 10 nitrogen and oxygen atoms in total. The minimum atomic E-state index is -4.61. The maximum absolute atomic E-state index is 9.63. The van der Waals surface area contributed by atoms with Crippen LogP contribution in [0, 0.1) is 0 Å². The standard InChI is InChI=1S/C4H6O6.Mg.H4O4Si/c5-1(3(7)8)2(6)4(9)10;;1-5(2,3)4/h1-2,5-6H,(H,7,8)(H,9,10);;1-4H/q;+2;/p-2. The second-order valence-electron chi connectivity index (χ2n) is 2.13. The van der Waals surface area contributed by atoms with Gasteiger partial charge in [-0.05, 0) is 0 Å². The fraction of sp³-hybridized carbons (Fsp3) is 0.500. The third-order valence-corrected chi connectivity index (χ3v) is 0.782. The molecule has 0 radical (unpaired) electrons. The summed E-state index contributed by atoms with van der Waals surface area (Å²) in [5, 5.41) is 35.7. The molecule has 0 rings (SSSR count). The Hall–Kier alpha value is -0.317. The first kappa shape index (κ1) is 21.0. The molecule has 0 fully saturated rings. The van der Waals surface area contributed by atoms with E-state index in [2.05, 4.69) is 0 Å². The van der Waals surface area contributed by atoms with Gasteiger partial charge in [0.2, 0.25) is 0 Å². The summed E-state index contributed by atoms with van der Waals surface area (Å²) in [4.78, 5) is 48.6. The number of carboxylic acid groups (broad SMARTS) is 2. The average molecular weight is 268 g/mol. The molecule has 0 heterocycles. The molecular weight excluding hydrogens is 260 g/mol. The van der Waals surface area contributed by atoms with E-state index in [9.17, 15) is 19.8 Å². The molecule has 2 unspecified atom stereocenters. The Labute approximate surface area is 106 Å². The van der Waals surface area contributed by atoms with Crippen LogP contribution in [-0.2, 0) is 9.59 Å². The maximum Gasteiger partial charge on any atom is 2.00 e. The SMILES string of the molecule is O=C([O-])C(O)C(O)C(=O)[O-].O[Si](O)(O)O.[Mg+2]. The Morgan fingerprint density at radius 2 is 1.00 bits per heavy atom. The second kappa shape index (κ2) is 8.79. The van der Waals surface area contributed by atoms with Crippen molar-refractivity contribution in [2.24, 2.45) is 0 Å². The van der Waals surface area contributed by atoms with Gasteiger partial charge in [0, 0.05) is 0 Å². The number of hydrogen-bond acceptors (Lipinski definition) is 10. The molecule has 0 bridgehead atoms. The van der Waals surface area contributed by atoms with Gasteiger partial charge < -0.3 is 49.2 Å². The van der Waals surface area contributed by atoms with Crippen LogP contribution in [0.2, 0.25) is 0 Å². The summed E-state index contributed by atoms with van der Waals surface area (Å²) in [7, 11) is -4.61. The zero-order valence-corrected chi connectivity index (χ0v) is 10.1. The van der Waals surface area contributed by atoms with Crippen molar-refractivity contribution in [1.29, 1.82) is 0 Å². The molecule has 0 aliphatic heterocycles. The average Bonchev–Trinajstić information content (AvgIpc) is 1.98. The smallest absolute Gasteiger partial charge is 0.547 e. The summed E-state index contributed by atoms with van der Waals surface area (Å²) >= 11 is 0. The zero-order chi connectivity index (χ0) is 12.8. The molecule has 0 aromatic carbocycles. The number of carbonyl (C=O) groups excluding carboxylic acids is 2. The predicted molar refractivity (Wildman–Crippen MR) is 42.4 cm³/mol. The fourth-order valence-corrected chi connectivity index (χ4v) is 0.258. The number of aliphatic hydroxyl groups is 2. The number of aliphatic hydroxyl groups excluding tert-OH is 2. The summed E-state index contributed by atoms with van der Waals surface area (Å²) in [5.41, 5.74) is 0. The van der Waals surface area contributed by atoms with Gasteiger partial charge in [-0.3, -0.25) is 0 Å². The first-order chi connectivity index (χ1) is 6.46. The molecule has 0 aromatic heterocycles. The number of carboxylic acids is 2. The molecule has 0 aromatic rings. The maximum atomic E-state index is 9.63. The van der Waals surface area contributed by atoms with E-state index in [1.54, 1.807) is 0 Å². The van der Waals surface area contributed by atoms with Crippen molar-refractivity contribution in [2.45, 2.75) is 12.2 Å². The van der Waals surface area contributed by atoms with E-state index < -0.39 is 33.2 Å². The third-order valence-electron chi connectivity index (χ3n) is 0.782. The van der Waals surface area contributed by atoms with E-state index in [4.69, 9.17) is 29.4 Å². The van der Waals surface area contributed by atoms with Gasteiger partial charge in [0.25, 0.3) is 0 Å². The van der Waals surface area contributed by atoms with Crippen molar-refractivity contribution in [2.75, 3.05) is 0 Å². The van der Waals surface area contributed by atoms with E-state index in [1.807, 2.05) is 0 Å². The van der Waals surface area contributed by atoms with Gasteiger partial charge in [0.15, 0.2) is 0 Å². The summed E-state index contributed by atoms with van der Waals surface area (Å²) in [6, 6.07) is 0. The molecule has 0 aliphatic rings. The van der Waals surface area contributed by atoms with Crippen LogP contribution < -0.4 is 10.2 Å². The Kier molecular flexibility index (Phi) is 11.5. The zero-order valence-electron chi connectivity index (χ0n) is 7.68. The summed E-state index contributed by atoms with van der Waals surface area (Å²) in [6.07, 6.45) is -4.88. The topological polar surface area (TPSA) is 202 Å². The largest absolute Gasteiger partial charge is 2.00 e. The monoisotopic (exact) mass is 268 g/mol. The second-order valence-corrected chi connectivity index (χ2v) is 3.33. The quantitative estimate of drug-likeness (QED) is 0.267. The molecule has 2 atom stereocenters. The van der Waals surface area contributed by atoms with Crippen molar-refractivity contribution < 1.29 is 49.2 Å². The third kappa shape index (κ3) is 16.1. The molecule has 12 heteroatoms. The van der Waals surface area contributed by atoms with Gasteiger partial charge in [-0.2, -0.15) is 0 Å². The fourth-order valence-electron chi connectivity index (χ4n) is 0.258. The number of aliphatic carboxylic acids is 2. The van der Waals surface area contributed by atoms with Gasteiger partial charge >= 0.3 is 32.1 Å². The van der Waals surface area contributed by atoms with E-state index in [0.29, 0.717) is 0 Å². The molecule has 90 valence electrons. The molecule has 16 heavy (non-hydrogen) atoms. The van der Waals surface area contributed by atoms with E-state index >= 15 is 0 Å². The summed E-state index contributed by atoms with van der Waals surface area (Å²) in [5.74, 6) is -4.12. The minimum absolute atomic E-state index is 0. The Morgan fingerprint density at radius 1 is 0.875 bits per heavy atom. The summed E-state index contributed by atoms with van der Waals surface area (Å²) in [6.45, 7) is 0. The van der Waals surface area contributed by atoms with Crippen LogP contribution in [0.5, 0.6) is 0 Å². The first-order valence-corrected chi connectivity index (χ1v) is 4.93. The van der Waals surface area contributed by atoms with Crippen LogP contribution in [0.1, 0.15) is 0 Å². The van der Waals surface area contributed by atoms with E-state index in [-0.39, 0.29) is 23.1 Å². The van der Waals surface area contributed by atoms with Gasteiger partial charge in [-0.15, -0.1) is 0 Å². The summed E-state index contributed by atoms with van der Waals surface area (Å²) < 4.78 is 0. The molecule has 0 saturated heterocycles. The van der Waals surface area contributed by atoms with Crippen molar-refractivity contribution in [3.63, 3.8) is 0 Å². The van der Waals surface area contributed by atoms with E-state index in [1.165, 1.54) is 0 Å². The predicted octanol–water partition coefficient (Wildman–Crippen LogP) is -7.78. The van der Waals surface area contributed by atoms with Crippen LogP contribution >= 0.6 is 0 Å². The molecule has 0 aliphatic carbocycles. The molecule has 0 amide bonds. The molecule has 6 N–H and O–H groups in total. The van der Waals surface area contributed by atoms with E-state index in [0.717, 1.165) is 0 Å². The van der Waals surface area contributed by atoms with Crippen LogP contribution in [0.15, 0.2) is 0 Å². The Bertz CT molecular complexity index is 201. The number of rotatable bonds is 3. The van der Waals surface area contributed by atoms with Gasteiger partial charge in [0.1, 0.15) is 12.2 Å². The van der Waals surface area contributed by atoms with Crippen LogP contribution in [0.25, 0.3) is 0 Å². The normalized spacial score (nSPS) is 13.6. The molecule has 0 spiro atoms.